The number of nitrogens with zero attached hydrogens (tertiary/aromatic N) is 2. The van der Waals surface area contributed by atoms with Gasteiger partial charge in [0, 0.05) is 17.1 Å². The van der Waals surface area contributed by atoms with Gasteiger partial charge in [0.1, 0.15) is 17.4 Å². The molecular weight excluding hydrogens is 308 g/mol. The third-order valence-electron chi connectivity index (χ3n) is 2.50. The number of nitrogens with one attached hydrogen (secondary N) is 1. The lowest BCUT2D eigenvalue weighted by molar-refractivity contribution is 0.416. The first-order chi connectivity index (χ1) is 9.22. The topological polar surface area (TPSA) is 73.1 Å². The van der Waals surface area contributed by atoms with E-state index in [1.54, 1.807) is 19.4 Å². The number of rotatable bonds is 5. The van der Waals surface area contributed by atoms with Crippen molar-refractivity contribution in [1.82, 2.24) is 9.97 Å². The molecule has 0 fully saturated rings. The molecule has 0 atom stereocenters. The molecule has 1 aromatic carbocycles. The van der Waals surface area contributed by atoms with E-state index < -0.39 is 0 Å². The van der Waals surface area contributed by atoms with Gasteiger partial charge in [-0.05, 0) is 30.8 Å². The van der Waals surface area contributed by atoms with E-state index in [2.05, 4.69) is 31.2 Å². The maximum atomic E-state index is 5.50. The molecule has 5 nitrogen and oxygen atoms in total. The van der Waals surface area contributed by atoms with Crippen LogP contribution in [0.25, 0.3) is 0 Å². The first kappa shape index (κ1) is 13.8. The van der Waals surface area contributed by atoms with Gasteiger partial charge in [-0.15, -0.1) is 0 Å². The molecule has 3 N–H and O–H groups in total. The minimum atomic E-state index is 0.531. The molecule has 0 saturated carbocycles. The van der Waals surface area contributed by atoms with E-state index in [-0.39, 0.29) is 0 Å². The van der Waals surface area contributed by atoms with E-state index in [9.17, 15) is 0 Å². The highest BCUT2D eigenvalue weighted by Gasteiger charge is 2.05. The standard InChI is InChI=1S/C13H15BrN4O/c1-19-11-3-2-9(14)8-10(11)17-13-5-7-16-12(18-13)4-6-15/h2-3,5,7-8H,4,6,15H2,1H3,(H,16,17,18). The molecule has 19 heavy (non-hydrogen) atoms. The fourth-order valence-electron chi connectivity index (χ4n) is 1.63. The molecule has 0 bridgehead atoms. The molecule has 0 aliphatic carbocycles. The average Bonchev–Trinajstić information content (AvgIpc) is 2.40. The number of benzene rings is 1. The third-order valence-corrected chi connectivity index (χ3v) is 2.99. The molecule has 0 spiro atoms. The summed E-state index contributed by atoms with van der Waals surface area (Å²) in [6.07, 6.45) is 2.37. The van der Waals surface area contributed by atoms with Gasteiger partial charge in [0.05, 0.1) is 12.8 Å². The Labute approximate surface area is 120 Å². The molecule has 0 unspecified atom stereocenters. The van der Waals surface area contributed by atoms with Crippen LogP contribution in [0.5, 0.6) is 5.75 Å². The summed E-state index contributed by atoms with van der Waals surface area (Å²) in [6, 6.07) is 7.54. The molecule has 0 aliphatic heterocycles. The van der Waals surface area contributed by atoms with Crippen molar-refractivity contribution in [2.24, 2.45) is 5.73 Å². The Balaban J connectivity index is 2.25. The largest absolute Gasteiger partial charge is 0.495 e. The summed E-state index contributed by atoms with van der Waals surface area (Å²) in [5.74, 6) is 2.19. The second kappa shape index (κ2) is 6.49. The van der Waals surface area contributed by atoms with Crippen LogP contribution in [0.1, 0.15) is 5.82 Å². The first-order valence-corrected chi connectivity index (χ1v) is 6.65. The van der Waals surface area contributed by atoms with Crippen LogP contribution in [0.3, 0.4) is 0 Å². The molecule has 0 radical (unpaired) electrons. The fourth-order valence-corrected chi connectivity index (χ4v) is 2.00. The minimum Gasteiger partial charge on any atom is -0.495 e. The van der Waals surface area contributed by atoms with Crippen molar-refractivity contribution in [3.8, 4) is 5.75 Å². The number of methoxy groups -OCH3 is 1. The van der Waals surface area contributed by atoms with E-state index in [1.165, 1.54) is 0 Å². The highest BCUT2D eigenvalue weighted by atomic mass is 79.9. The lowest BCUT2D eigenvalue weighted by Gasteiger charge is -2.11. The number of hydrogen-bond donors (Lipinski definition) is 2. The van der Waals surface area contributed by atoms with Crippen LogP contribution in [0.15, 0.2) is 34.9 Å². The van der Waals surface area contributed by atoms with Crippen molar-refractivity contribution in [3.05, 3.63) is 40.8 Å². The van der Waals surface area contributed by atoms with Crippen LogP contribution in [0.4, 0.5) is 11.5 Å². The Bertz CT molecular complexity index is 562. The van der Waals surface area contributed by atoms with Gasteiger partial charge >= 0.3 is 0 Å². The first-order valence-electron chi connectivity index (χ1n) is 5.85. The summed E-state index contributed by atoms with van der Waals surface area (Å²) in [5, 5.41) is 3.22. The van der Waals surface area contributed by atoms with Crippen molar-refractivity contribution < 1.29 is 4.74 Å². The monoisotopic (exact) mass is 322 g/mol. The number of halogens is 1. The van der Waals surface area contributed by atoms with Crippen LogP contribution in [0, 0.1) is 0 Å². The van der Waals surface area contributed by atoms with Crippen LogP contribution in [0.2, 0.25) is 0 Å². The number of anilines is 2. The van der Waals surface area contributed by atoms with Gasteiger partial charge in [0.25, 0.3) is 0 Å². The molecular formula is C13H15BrN4O. The number of ether oxygens (including phenoxy) is 1. The maximum absolute atomic E-state index is 5.50. The van der Waals surface area contributed by atoms with Crippen LogP contribution < -0.4 is 15.8 Å². The van der Waals surface area contributed by atoms with Gasteiger partial charge < -0.3 is 15.8 Å². The zero-order valence-corrected chi connectivity index (χ0v) is 12.1. The molecule has 0 aliphatic rings. The van der Waals surface area contributed by atoms with E-state index in [0.29, 0.717) is 13.0 Å². The molecule has 0 saturated heterocycles. The van der Waals surface area contributed by atoms with Gasteiger partial charge in [-0.25, -0.2) is 9.97 Å². The van der Waals surface area contributed by atoms with Crippen molar-refractivity contribution in [2.75, 3.05) is 19.0 Å². The highest BCUT2D eigenvalue weighted by molar-refractivity contribution is 9.10. The van der Waals surface area contributed by atoms with E-state index in [4.69, 9.17) is 10.5 Å². The van der Waals surface area contributed by atoms with Gasteiger partial charge in [-0.2, -0.15) is 0 Å². The summed E-state index contributed by atoms with van der Waals surface area (Å²) in [5.41, 5.74) is 6.34. The van der Waals surface area contributed by atoms with E-state index >= 15 is 0 Å². The zero-order valence-electron chi connectivity index (χ0n) is 10.6. The minimum absolute atomic E-state index is 0.531. The SMILES string of the molecule is COc1ccc(Br)cc1Nc1ccnc(CCN)n1. The normalized spacial score (nSPS) is 10.3. The van der Waals surface area contributed by atoms with Crippen molar-refractivity contribution in [3.63, 3.8) is 0 Å². The number of hydrogen-bond acceptors (Lipinski definition) is 5. The van der Waals surface area contributed by atoms with Crippen molar-refractivity contribution >= 4 is 27.4 Å². The molecule has 0 amide bonds. The molecule has 2 aromatic rings. The predicted octanol–water partition coefficient (Wildman–Crippen LogP) is 2.49. The summed E-state index contributed by atoms with van der Waals surface area (Å²) >= 11 is 3.43. The Hall–Kier alpha value is -1.66. The van der Waals surface area contributed by atoms with Gasteiger partial charge in [-0.1, -0.05) is 15.9 Å². The fraction of sp³-hybridized carbons (Fsp3) is 0.231. The summed E-state index contributed by atoms with van der Waals surface area (Å²) in [7, 11) is 1.63. The smallest absolute Gasteiger partial charge is 0.142 e. The number of nitrogens with two attached hydrogens (primary N) is 1. The summed E-state index contributed by atoms with van der Waals surface area (Å²) in [6.45, 7) is 0.531. The Morgan fingerprint density at radius 3 is 2.95 bits per heavy atom. The van der Waals surface area contributed by atoms with Gasteiger partial charge in [-0.3, -0.25) is 0 Å². The van der Waals surface area contributed by atoms with Crippen LogP contribution in [-0.2, 0) is 6.42 Å². The van der Waals surface area contributed by atoms with Crippen LogP contribution >= 0.6 is 15.9 Å². The summed E-state index contributed by atoms with van der Waals surface area (Å²) < 4.78 is 6.27. The number of aromatic nitrogens is 2. The van der Waals surface area contributed by atoms with Crippen molar-refractivity contribution in [2.45, 2.75) is 6.42 Å². The van der Waals surface area contributed by atoms with Gasteiger partial charge in [0.2, 0.25) is 0 Å². The molecule has 100 valence electrons. The van der Waals surface area contributed by atoms with E-state index in [0.717, 1.165) is 27.6 Å². The Morgan fingerprint density at radius 2 is 2.21 bits per heavy atom. The highest BCUT2D eigenvalue weighted by Crippen LogP contribution is 2.29. The Kier molecular flexibility index (Phi) is 4.70. The zero-order chi connectivity index (χ0) is 13.7. The maximum Gasteiger partial charge on any atom is 0.142 e. The van der Waals surface area contributed by atoms with Gasteiger partial charge in [0.15, 0.2) is 0 Å². The third kappa shape index (κ3) is 3.65. The predicted molar refractivity (Wildman–Crippen MR) is 78.8 cm³/mol. The lowest BCUT2D eigenvalue weighted by atomic mass is 10.3. The molecule has 1 heterocycles. The molecule has 1 aromatic heterocycles. The summed E-state index contributed by atoms with van der Waals surface area (Å²) in [4.78, 5) is 8.55. The second-order valence-corrected chi connectivity index (χ2v) is 4.78. The Morgan fingerprint density at radius 1 is 1.37 bits per heavy atom. The average molecular weight is 323 g/mol. The van der Waals surface area contributed by atoms with Crippen LogP contribution in [-0.4, -0.2) is 23.6 Å². The van der Waals surface area contributed by atoms with E-state index in [1.807, 2.05) is 18.2 Å². The second-order valence-electron chi connectivity index (χ2n) is 3.87. The molecule has 2 rings (SSSR count). The van der Waals surface area contributed by atoms with Crippen molar-refractivity contribution in [1.29, 1.82) is 0 Å². The molecule has 6 heteroatoms. The lowest BCUT2D eigenvalue weighted by Crippen LogP contribution is -2.07. The quantitative estimate of drug-likeness (QED) is 0.884.